The van der Waals surface area contributed by atoms with Gasteiger partial charge < -0.3 is 16.0 Å². The van der Waals surface area contributed by atoms with Gasteiger partial charge in [0, 0.05) is 32.3 Å². The second-order valence-corrected chi connectivity index (χ2v) is 7.36. The highest BCUT2D eigenvalue weighted by Crippen LogP contribution is 2.22. The minimum atomic E-state index is -0.303. The van der Waals surface area contributed by atoms with E-state index in [4.69, 9.17) is 0 Å². The van der Waals surface area contributed by atoms with E-state index < -0.39 is 0 Å². The molecule has 0 bridgehead atoms. The van der Waals surface area contributed by atoms with Crippen LogP contribution in [0.15, 0.2) is 60.9 Å². The summed E-state index contributed by atoms with van der Waals surface area (Å²) in [5, 5.41) is 17.2. The second kappa shape index (κ2) is 10.3. The quantitative estimate of drug-likeness (QED) is 0.320. The first kappa shape index (κ1) is 21.9. The van der Waals surface area contributed by atoms with Gasteiger partial charge in [-0.05, 0) is 42.8 Å². The summed E-state index contributed by atoms with van der Waals surface area (Å²) in [4.78, 5) is 41.9. The Bertz CT molecular complexity index is 1100. The Morgan fingerprint density at radius 3 is 2.27 bits per heavy atom. The molecule has 4 rings (SSSR count). The summed E-state index contributed by atoms with van der Waals surface area (Å²) in [6.45, 7) is 1.10. The van der Waals surface area contributed by atoms with Gasteiger partial charge in [-0.25, -0.2) is 0 Å². The van der Waals surface area contributed by atoms with Crippen LogP contribution in [0.3, 0.4) is 0 Å². The zero-order valence-corrected chi connectivity index (χ0v) is 17.8. The Hall–Kier alpha value is -4.34. The average Bonchev–Trinajstić information content (AvgIpc) is 3.08. The van der Waals surface area contributed by atoms with Gasteiger partial charge in [0.15, 0.2) is 5.82 Å². The number of imide groups is 1. The predicted molar refractivity (Wildman–Crippen MR) is 122 cm³/mol. The van der Waals surface area contributed by atoms with Crippen LogP contribution < -0.4 is 16.0 Å². The van der Waals surface area contributed by atoms with E-state index in [0.29, 0.717) is 42.3 Å². The van der Waals surface area contributed by atoms with Gasteiger partial charge in [-0.15, -0.1) is 10.2 Å². The number of pyridine rings is 1. The normalized spacial score (nSPS) is 12.4. The zero-order chi connectivity index (χ0) is 23.0. The molecule has 0 spiro atoms. The van der Waals surface area contributed by atoms with Crippen molar-refractivity contribution in [2.24, 2.45) is 0 Å². The number of carbonyl (C=O) groups excluding carboxylic acids is 3. The fourth-order valence-corrected chi connectivity index (χ4v) is 3.40. The lowest BCUT2D eigenvalue weighted by Gasteiger charge is -2.13. The fraction of sp³-hybridized carbons (Fsp3) is 0.217. The number of fused-ring (bicyclic) bond motifs is 1. The molecule has 0 radical (unpaired) electrons. The van der Waals surface area contributed by atoms with Crippen molar-refractivity contribution < 1.29 is 14.4 Å². The molecule has 0 saturated carbocycles. The lowest BCUT2D eigenvalue weighted by Crippen LogP contribution is -2.33. The van der Waals surface area contributed by atoms with Crippen molar-refractivity contribution in [1.29, 1.82) is 0 Å². The standard InChI is InChI=1S/C23H23N7O3/c31-21(8-4-14-30-22(32)17-6-1-2-7-18(17)23(30)33)26-13-12-25-19-9-10-20(29-28-19)27-16-5-3-11-24-15-16/h1-3,5-7,9-11,15H,4,8,12-14H2,(H,25,28)(H,26,31)(H,27,29). The number of aromatic nitrogens is 3. The van der Waals surface area contributed by atoms with Gasteiger partial charge in [0.1, 0.15) is 5.82 Å². The van der Waals surface area contributed by atoms with Crippen molar-refractivity contribution in [3.05, 3.63) is 72.1 Å². The Morgan fingerprint density at radius 2 is 1.61 bits per heavy atom. The third-order valence-corrected chi connectivity index (χ3v) is 5.02. The summed E-state index contributed by atoms with van der Waals surface area (Å²) >= 11 is 0. The number of nitrogens with one attached hydrogen (secondary N) is 3. The molecule has 0 fully saturated rings. The molecule has 3 aromatic rings. The third kappa shape index (κ3) is 5.48. The highest BCUT2D eigenvalue weighted by atomic mass is 16.2. The number of nitrogens with zero attached hydrogens (tertiary/aromatic N) is 4. The molecule has 0 saturated heterocycles. The largest absolute Gasteiger partial charge is 0.367 e. The summed E-state index contributed by atoms with van der Waals surface area (Å²) in [7, 11) is 0. The van der Waals surface area contributed by atoms with Crippen LogP contribution in [0.1, 0.15) is 33.6 Å². The van der Waals surface area contributed by atoms with E-state index in [0.717, 1.165) is 5.69 Å². The summed E-state index contributed by atoms with van der Waals surface area (Å²) in [6.07, 6.45) is 4.01. The molecular formula is C23H23N7O3. The molecule has 3 heterocycles. The van der Waals surface area contributed by atoms with E-state index in [-0.39, 0.29) is 30.7 Å². The van der Waals surface area contributed by atoms with Crippen molar-refractivity contribution in [3.63, 3.8) is 0 Å². The topological polar surface area (TPSA) is 129 Å². The van der Waals surface area contributed by atoms with Gasteiger partial charge in [-0.1, -0.05) is 12.1 Å². The van der Waals surface area contributed by atoms with Crippen molar-refractivity contribution in [1.82, 2.24) is 25.4 Å². The minimum Gasteiger partial charge on any atom is -0.367 e. The average molecular weight is 445 g/mol. The first-order valence-corrected chi connectivity index (χ1v) is 10.6. The molecule has 2 aromatic heterocycles. The van der Waals surface area contributed by atoms with Crippen LogP contribution in [0, 0.1) is 0 Å². The van der Waals surface area contributed by atoms with Crippen LogP contribution in [-0.2, 0) is 4.79 Å². The van der Waals surface area contributed by atoms with Crippen molar-refractivity contribution in [2.45, 2.75) is 12.8 Å². The van der Waals surface area contributed by atoms with E-state index in [9.17, 15) is 14.4 Å². The molecule has 1 aliphatic rings. The van der Waals surface area contributed by atoms with Gasteiger partial charge >= 0.3 is 0 Å². The lowest BCUT2D eigenvalue weighted by molar-refractivity contribution is -0.121. The molecule has 0 atom stereocenters. The summed E-state index contributed by atoms with van der Waals surface area (Å²) in [6, 6.07) is 14.0. The van der Waals surface area contributed by atoms with Crippen LogP contribution >= 0.6 is 0 Å². The Labute approximate surface area is 190 Å². The van der Waals surface area contributed by atoms with E-state index in [2.05, 4.69) is 31.1 Å². The molecule has 10 nitrogen and oxygen atoms in total. The number of amides is 3. The molecular weight excluding hydrogens is 422 g/mol. The summed E-state index contributed by atoms with van der Waals surface area (Å²) in [5.41, 5.74) is 1.65. The monoisotopic (exact) mass is 445 g/mol. The van der Waals surface area contributed by atoms with Gasteiger partial charge in [0.25, 0.3) is 11.8 Å². The number of rotatable bonds is 10. The SMILES string of the molecule is O=C(CCCN1C(=O)c2ccccc2C1=O)NCCNc1ccc(Nc2cccnc2)nn1. The predicted octanol–water partition coefficient (Wildman–Crippen LogP) is 2.22. The number of anilines is 3. The molecule has 3 amide bonds. The van der Waals surface area contributed by atoms with Gasteiger partial charge in [0.2, 0.25) is 5.91 Å². The zero-order valence-electron chi connectivity index (χ0n) is 17.8. The van der Waals surface area contributed by atoms with E-state index in [1.165, 1.54) is 4.90 Å². The molecule has 0 aliphatic carbocycles. The molecule has 10 heteroatoms. The number of carbonyl (C=O) groups is 3. The minimum absolute atomic E-state index is 0.143. The number of benzene rings is 1. The van der Waals surface area contributed by atoms with Gasteiger partial charge in [-0.2, -0.15) is 0 Å². The molecule has 3 N–H and O–H groups in total. The number of hydrogen-bond acceptors (Lipinski definition) is 8. The molecule has 0 unspecified atom stereocenters. The van der Waals surface area contributed by atoms with Crippen LogP contribution in [0.5, 0.6) is 0 Å². The maximum absolute atomic E-state index is 12.3. The van der Waals surface area contributed by atoms with E-state index in [1.807, 2.05) is 12.1 Å². The molecule has 1 aliphatic heterocycles. The highest BCUT2D eigenvalue weighted by Gasteiger charge is 2.34. The summed E-state index contributed by atoms with van der Waals surface area (Å²) < 4.78 is 0. The maximum Gasteiger partial charge on any atom is 0.261 e. The van der Waals surface area contributed by atoms with Crippen molar-refractivity contribution in [3.8, 4) is 0 Å². The fourth-order valence-electron chi connectivity index (χ4n) is 3.40. The van der Waals surface area contributed by atoms with E-state index >= 15 is 0 Å². The van der Waals surface area contributed by atoms with Gasteiger partial charge in [-0.3, -0.25) is 24.3 Å². The van der Waals surface area contributed by atoms with Crippen molar-refractivity contribution >= 4 is 35.0 Å². The van der Waals surface area contributed by atoms with Gasteiger partial charge in [0.05, 0.1) is 23.0 Å². The lowest BCUT2D eigenvalue weighted by atomic mass is 10.1. The van der Waals surface area contributed by atoms with E-state index in [1.54, 1.807) is 48.8 Å². The highest BCUT2D eigenvalue weighted by molar-refractivity contribution is 6.21. The second-order valence-electron chi connectivity index (χ2n) is 7.36. The molecule has 1 aromatic carbocycles. The third-order valence-electron chi connectivity index (χ3n) is 5.02. The Morgan fingerprint density at radius 1 is 0.879 bits per heavy atom. The van der Waals surface area contributed by atoms with Crippen LogP contribution in [-0.4, -0.2) is 57.4 Å². The Kier molecular flexibility index (Phi) is 6.84. The smallest absolute Gasteiger partial charge is 0.261 e. The maximum atomic E-state index is 12.3. The first-order chi connectivity index (χ1) is 16.1. The van der Waals surface area contributed by atoms with Crippen LogP contribution in [0.4, 0.5) is 17.3 Å². The van der Waals surface area contributed by atoms with Crippen LogP contribution in [0.25, 0.3) is 0 Å². The first-order valence-electron chi connectivity index (χ1n) is 10.6. The molecule has 33 heavy (non-hydrogen) atoms. The number of hydrogen-bond donors (Lipinski definition) is 3. The van der Waals surface area contributed by atoms with Crippen molar-refractivity contribution in [2.75, 3.05) is 30.3 Å². The summed E-state index contributed by atoms with van der Waals surface area (Å²) in [5.74, 6) is 0.438. The van der Waals surface area contributed by atoms with Crippen LogP contribution in [0.2, 0.25) is 0 Å². The molecule has 168 valence electrons. The Balaban J connectivity index is 1.12.